The largest absolute Gasteiger partial charge is 0.487 e. The van der Waals surface area contributed by atoms with Gasteiger partial charge in [-0.25, -0.2) is 9.38 Å². The number of carbonyl (C=O) groups is 1. The average Bonchev–Trinajstić information content (AvgIpc) is 3.19. The summed E-state index contributed by atoms with van der Waals surface area (Å²) in [5.41, 5.74) is 5.14. The molecule has 1 amide bonds. The smallest absolute Gasteiger partial charge is 0.271 e. The fourth-order valence-electron chi connectivity index (χ4n) is 3.96. The first-order chi connectivity index (χ1) is 18.8. The topological polar surface area (TPSA) is 41.9 Å². The van der Waals surface area contributed by atoms with Gasteiger partial charge in [0.05, 0.1) is 20.8 Å². The van der Waals surface area contributed by atoms with Gasteiger partial charge in [-0.15, -0.1) is 0 Å². The van der Waals surface area contributed by atoms with E-state index in [-0.39, 0.29) is 18.3 Å². The molecule has 0 N–H and O–H groups in total. The molecular weight excluding hydrogens is 643 g/mol. The molecule has 4 aromatic carbocycles. The minimum atomic E-state index is -0.321. The van der Waals surface area contributed by atoms with Crippen molar-refractivity contribution in [1.29, 1.82) is 0 Å². The van der Waals surface area contributed by atoms with Crippen LogP contribution < -0.4 is 9.64 Å². The number of ether oxygens (including phenoxy) is 1. The Labute approximate surface area is 247 Å². The number of anilines is 1. The van der Waals surface area contributed by atoms with Crippen LogP contribution in [0.5, 0.6) is 5.75 Å². The molecule has 0 unspecified atom stereocenters. The quantitative estimate of drug-likeness (QED) is 0.193. The maximum absolute atomic E-state index is 13.8. The summed E-state index contributed by atoms with van der Waals surface area (Å²) in [6, 6.07) is 25.7. The van der Waals surface area contributed by atoms with E-state index in [1.165, 1.54) is 23.9 Å². The number of rotatable bonds is 6. The molecule has 0 aromatic heterocycles. The van der Waals surface area contributed by atoms with Gasteiger partial charge in [-0.1, -0.05) is 63.5 Å². The Morgan fingerprint density at radius 3 is 2.33 bits per heavy atom. The Kier molecular flexibility index (Phi) is 8.35. The highest BCUT2D eigenvalue weighted by molar-refractivity contribution is 9.11. The summed E-state index contributed by atoms with van der Waals surface area (Å²) < 4.78 is 21.3. The maximum Gasteiger partial charge on any atom is 0.271 e. The van der Waals surface area contributed by atoms with E-state index in [2.05, 4.69) is 31.9 Å². The molecule has 0 saturated carbocycles. The van der Waals surface area contributed by atoms with Gasteiger partial charge in [0.25, 0.3) is 5.91 Å². The highest BCUT2D eigenvalue weighted by atomic mass is 79.9. The second-order valence-corrected chi connectivity index (χ2v) is 11.8. The molecular formula is C31H23Br2FN2O2S. The summed E-state index contributed by atoms with van der Waals surface area (Å²) >= 11 is 8.44. The first-order valence-corrected chi connectivity index (χ1v) is 14.5. The van der Waals surface area contributed by atoms with Crippen molar-refractivity contribution in [2.45, 2.75) is 20.5 Å². The Morgan fingerprint density at radius 1 is 0.949 bits per heavy atom. The third-order valence-electron chi connectivity index (χ3n) is 5.95. The van der Waals surface area contributed by atoms with E-state index in [0.29, 0.717) is 31.4 Å². The van der Waals surface area contributed by atoms with Crippen LogP contribution in [-0.2, 0) is 11.4 Å². The highest BCUT2D eigenvalue weighted by Gasteiger charge is 2.35. The van der Waals surface area contributed by atoms with E-state index in [1.54, 1.807) is 17.0 Å². The number of benzene rings is 4. The van der Waals surface area contributed by atoms with Crippen molar-refractivity contribution in [2.24, 2.45) is 4.99 Å². The van der Waals surface area contributed by atoms with Crippen molar-refractivity contribution in [3.05, 3.63) is 127 Å². The van der Waals surface area contributed by atoms with E-state index in [4.69, 9.17) is 9.73 Å². The van der Waals surface area contributed by atoms with Gasteiger partial charge < -0.3 is 4.74 Å². The van der Waals surface area contributed by atoms with E-state index in [0.717, 1.165) is 27.0 Å². The lowest BCUT2D eigenvalue weighted by Crippen LogP contribution is -2.28. The van der Waals surface area contributed by atoms with Crippen LogP contribution in [0, 0.1) is 19.7 Å². The molecule has 196 valence electrons. The van der Waals surface area contributed by atoms with Gasteiger partial charge in [0.2, 0.25) is 0 Å². The molecule has 1 heterocycles. The number of hydrogen-bond acceptors (Lipinski definition) is 4. The number of carbonyl (C=O) groups excluding carboxylic acids is 1. The van der Waals surface area contributed by atoms with Crippen LogP contribution >= 0.6 is 43.6 Å². The number of thioether (sulfide) groups is 1. The zero-order chi connectivity index (χ0) is 27.5. The number of hydrogen-bond donors (Lipinski definition) is 0. The molecule has 0 spiro atoms. The van der Waals surface area contributed by atoms with Gasteiger partial charge in [0, 0.05) is 10.0 Å². The van der Waals surface area contributed by atoms with Crippen LogP contribution in [0.1, 0.15) is 22.3 Å². The lowest BCUT2D eigenvalue weighted by atomic mass is 10.1. The van der Waals surface area contributed by atoms with Crippen LogP contribution in [0.3, 0.4) is 0 Å². The summed E-state index contributed by atoms with van der Waals surface area (Å²) in [7, 11) is 0. The molecule has 8 heteroatoms. The normalized spacial score (nSPS) is 15.4. The van der Waals surface area contributed by atoms with E-state index < -0.39 is 0 Å². The van der Waals surface area contributed by atoms with Crippen molar-refractivity contribution in [3.8, 4) is 5.75 Å². The molecule has 4 aromatic rings. The van der Waals surface area contributed by atoms with Crippen LogP contribution in [-0.4, -0.2) is 11.1 Å². The number of halogens is 3. The van der Waals surface area contributed by atoms with Crippen molar-refractivity contribution < 1.29 is 13.9 Å². The molecule has 1 fully saturated rings. The third kappa shape index (κ3) is 6.52. The van der Waals surface area contributed by atoms with Gasteiger partial charge in [-0.3, -0.25) is 9.69 Å². The Balaban J connectivity index is 1.53. The lowest BCUT2D eigenvalue weighted by molar-refractivity contribution is -0.113. The molecule has 4 nitrogen and oxygen atoms in total. The van der Waals surface area contributed by atoms with Crippen LogP contribution in [0.25, 0.3) is 6.08 Å². The highest BCUT2D eigenvalue weighted by Crippen LogP contribution is 2.41. The first kappa shape index (κ1) is 27.4. The minimum Gasteiger partial charge on any atom is -0.487 e. The summed E-state index contributed by atoms with van der Waals surface area (Å²) in [6.07, 6.45) is 1.81. The number of aliphatic imine (C=N–C) groups is 1. The zero-order valence-corrected chi connectivity index (χ0v) is 25.1. The standard InChI is InChI=1S/C31H23Br2FN2O2S/c1-19-6-10-25(11-7-19)35-31-36(26-12-8-20(2)9-13-26)30(37)28(39-31)16-22-15-23(32)17-27(33)29(22)38-18-21-4-3-5-24(34)14-21/h3-17H,18H2,1-2H3/b28-16-,35-31?. The van der Waals surface area contributed by atoms with Crippen molar-refractivity contribution in [1.82, 2.24) is 0 Å². The number of amidine groups is 1. The fourth-order valence-corrected chi connectivity index (χ4v) is 6.33. The SMILES string of the molecule is Cc1ccc(N=C2S/C(=C\c3cc(Br)cc(Br)c3OCc3cccc(F)c3)C(=O)N2c2ccc(C)cc2)cc1. The molecule has 0 atom stereocenters. The molecule has 0 aliphatic carbocycles. The summed E-state index contributed by atoms with van der Waals surface area (Å²) in [5.74, 6) is 0.0499. The number of nitrogens with zero attached hydrogens (tertiary/aromatic N) is 2. The van der Waals surface area contributed by atoms with Gasteiger partial charge in [0.1, 0.15) is 18.2 Å². The monoisotopic (exact) mass is 664 g/mol. The molecule has 1 aliphatic heterocycles. The second kappa shape index (κ2) is 11.9. The summed E-state index contributed by atoms with van der Waals surface area (Å²) in [6.45, 7) is 4.20. The zero-order valence-electron chi connectivity index (χ0n) is 21.1. The van der Waals surface area contributed by atoms with Crippen LogP contribution in [0.4, 0.5) is 15.8 Å². The predicted molar refractivity (Wildman–Crippen MR) is 165 cm³/mol. The van der Waals surface area contributed by atoms with Crippen molar-refractivity contribution >= 4 is 72.1 Å². The number of aryl methyl sites for hydroxylation is 2. The maximum atomic E-state index is 13.8. The minimum absolute atomic E-state index is 0.172. The van der Waals surface area contributed by atoms with Crippen LogP contribution in [0.15, 0.2) is 104 Å². The Morgan fingerprint density at radius 2 is 1.64 bits per heavy atom. The molecule has 1 aliphatic rings. The Hall–Kier alpha value is -3.20. The Bertz CT molecular complexity index is 1600. The fraction of sp³-hybridized carbons (Fsp3) is 0.0968. The predicted octanol–water partition coefficient (Wildman–Crippen LogP) is 9.36. The van der Waals surface area contributed by atoms with E-state index in [9.17, 15) is 9.18 Å². The van der Waals surface area contributed by atoms with Gasteiger partial charge in [-0.2, -0.15) is 0 Å². The average molecular weight is 666 g/mol. The van der Waals surface area contributed by atoms with Gasteiger partial charge in [0.15, 0.2) is 5.17 Å². The summed E-state index contributed by atoms with van der Waals surface area (Å²) in [5, 5.41) is 0.565. The van der Waals surface area contributed by atoms with Crippen molar-refractivity contribution in [3.63, 3.8) is 0 Å². The third-order valence-corrected chi connectivity index (χ3v) is 7.97. The molecule has 0 radical (unpaired) electrons. The summed E-state index contributed by atoms with van der Waals surface area (Å²) in [4.78, 5) is 20.8. The first-order valence-electron chi connectivity index (χ1n) is 12.1. The molecule has 0 bridgehead atoms. The molecule has 1 saturated heterocycles. The number of amides is 1. The van der Waals surface area contributed by atoms with E-state index >= 15 is 0 Å². The van der Waals surface area contributed by atoms with E-state index in [1.807, 2.05) is 80.6 Å². The second-order valence-electron chi connectivity index (χ2n) is 9.04. The lowest BCUT2D eigenvalue weighted by Gasteiger charge is -2.16. The van der Waals surface area contributed by atoms with Crippen LogP contribution in [0.2, 0.25) is 0 Å². The van der Waals surface area contributed by atoms with Gasteiger partial charge >= 0.3 is 0 Å². The van der Waals surface area contributed by atoms with Crippen molar-refractivity contribution in [2.75, 3.05) is 4.90 Å². The molecule has 39 heavy (non-hydrogen) atoms. The van der Waals surface area contributed by atoms with Gasteiger partial charge in [-0.05, 0) is 102 Å². The molecule has 5 rings (SSSR count).